The fourth-order valence-corrected chi connectivity index (χ4v) is 2.85. The lowest BCUT2D eigenvalue weighted by atomic mass is 10.1. The highest BCUT2D eigenvalue weighted by Gasteiger charge is 2.30. The summed E-state index contributed by atoms with van der Waals surface area (Å²) in [5, 5.41) is 6.19. The molecule has 1 atom stereocenters. The summed E-state index contributed by atoms with van der Waals surface area (Å²) < 4.78 is 52.7. The summed E-state index contributed by atoms with van der Waals surface area (Å²) in [6.07, 6.45) is -4.39. The Morgan fingerprint density at radius 2 is 1.86 bits per heavy atom. The third-order valence-corrected chi connectivity index (χ3v) is 4.35. The van der Waals surface area contributed by atoms with Crippen LogP contribution in [0, 0.1) is 5.82 Å². The molecular weight excluding hydrogens is 384 g/mol. The first-order valence-corrected chi connectivity index (χ1v) is 9.16. The molecule has 0 radical (unpaired) electrons. The molecule has 0 spiro atoms. The smallest absolute Gasteiger partial charge is 0.352 e. The second kappa shape index (κ2) is 9.73. The molecule has 2 aromatic rings. The van der Waals surface area contributed by atoms with Gasteiger partial charge in [0.2, 0.25) is 0 Å². The quantitative estimate of drug-likeness (QED) is 0.423. The summed E-state index contributed by atoms with van der Waals surface area (Å²) in [6, 6.07) is 9.70. The second-order valence-electron chi connectivity index (χ2n) is 7.08. The molecule has 0 bridgehead atoms. The summed E-state index contributed by atoms with van der Waals surface area (Å²) >= 11 is 0. The predicted octanol–water partition coefficient (Wildman–Crippen LogP) is 4.33. The highest BCUT2D eigenvalue weighted by Crippen LogP contribution is 2.30. The normalized spacial score (nSPS) is 13.5. The highest BCUT2D eigenvalue weighted by molar-refractivity contribution is 5.80. The average molecular weight is 410 g/mol. The minimum absolute atomic E-state index is 0.261. The van der Waals surface area contributed by atoms with Gasteiger partial charge in [0, 0.05) is 25.7 Å². The molecule has 0 heterocycles. The zero-order chi connectivity index (χ0) is 21.6. The Morgan fingerprint density at radius 1 is 1.14 bits per heavy atom. The fourth-order valence-electron chi connectivity index (χ4n) is 2.85. The van der Waals surface area contributed by atoms with Crippen molar-refractivity contribution in [3.05, 3.63) is 70.5 Å². The molecule has 0 aliphatic rings. The van der Waals surface area contributed by atoms with E-state index in [0.29, 0.717) is 30.2 Å². The third-order valence-electron chi connectivity index (χ3n) is 4.35. The Morgan fingerprint density at radius 3 is 2.48 bits per heavy atom. The van der Waals surface area contributed by atoms with Crippen molar-refractivity contribution in [1.29, 1.82) is 0 Å². The molecule has 2 rings (SSSR count). The topological polar surface area (TPSA) is 39.7 Å². The molecule has 0 aliphatic carbocycles. The van der Waals surface area contributed by atoms with Crippen LogP contribution in [-0.2, 0) is 19.3 Å². The van der Waals surface area contributed by atoms with Crippen LogP contribution in [0.3, 0.4) is 0 Å². The summed E-state index contributed by atoms with van der Waals surface area (Å²) in [5.74, 6) is 0.177. The number of benzene rings is 2. The molecule has 0 saturated heterocycles. The van der Waals surface area contributed by atoms with E-state index in [2.05, 4.69) is 15.6 Å². The van der Waals surface area contributed by atoms with Gasteiger partial charge in [-0.05, 0) is 56.4 Å². The van der Waals surface area contributed by atoms with Gasteiger partial charge in [-0.25, -0.2) is 4.39 Å². The van der Waals surface area contributed by atoms with E-state index in [1.165, 1.54) is 12.1 Å². The number of alkyl halides is 3. The van der Waals surface area contributed by atoms with Gasteiger partial charge in [0.25, 0.3) is 0 Å². The number of hydrogen-bond donors (Lipinski definition) is 2. The molecule has 29 heavy (non-hydrogen) atoms. The van der Waals surface area contributed by atoms with Crippen LogP contribution in [0.2, 0.25) is 0 Å². The summed E-state index contributed by atoms with van der Waals surface area (Å²) in [5.41, 5.74) is 1.27. The van der Waals surface area contributed by atoms with Crippen molar-refractivity contribution in [3.8, 4) is 0 Å². The molecular formula is C21H26F4N4. The monoisotopic (exact) mass is 410 g/mol. The molecule has 4 nitrogen and oxygen atoms in total. The Bertz CT molecular complexity index is 847. The van der Waals surface area contributed by atoms with Crippen molar-refractivity contribution in [1.82, 2.24) is 15.5 Å². The Hall–Kier alpha value is -2.61. The lowest BCUT2D eigenvalue weighted by molar-refractivity contribution is -0.137. The minimum Gasteiger partial charge on any atom is -0.352 e. The predicted molar refractivity (Wildman–Crippen MR) is 107 cm³/mol. The van der Waals surface area contributed by atoms with Crippen molar-refractivity contribution < 1.29 is 17.6 Å². The highest BCUT2D eigenvalue weighted by atomic mass is 19.4. The average Bonchev–Trinajstić information content (AvgIpc) is 2.66. The van der Waals surface area contributed by atoms with E-state index >= 15 is 0 Å². The third kappa shape index (κ3) is 6.74. The van der Waals surface area contributed by atoms with Gasteiger partial charge in [0.1, 0.15) is 5.82 Å². The molecule has 0 fully saturated rings. The standard InChI is InChI=1S/C21H26F4N4/c1-14(16-6-5-7-18(11-16)21(23,24)25)28-20(26-2)27-12-15-8-9-19(22)17(10-15)13-29(3)4/h5-11,14H,12-13H2,1-4H3,(H2,26,27,28). The molecule has 0 aliphatic heterocycles. The van der Waals surface area contributed by atoms with Gasteiger partial charge in [0.15, 0.2) is 5.96 Å². The van der Waals surface area contributed by atoms with Crippen LogP contribution in [-0.4, -0.2) is 32.0 Å². The maximum absolute atomic E-state index is 13.9. The molecule has 0 aromatic heterocycles. The van der Waals surface area contributed by atoms with Gasteiger partial charge in [-0.15, -0.1) is 0 Å². The first-order valence-electron chi connectivity index (χ1n) is 9.16. The first kappa shape index (κ1) is 22.7. The van der Waals surface area contributed by atoms with Crippen LogP contribution >= 0.6 is 0 Å². The number of rotatable bonds is 6. The maximum Gasteiger partial charge on any atom is 0.416 e. The SMILES string of the molecule is CN=C(NCc1ccc(F)c(CN(C)C)c1)NC(C)c1cccc(C(F)(F)F)c1. The maximum atomic E-state index is 13.9. The molecule has 1 unspecified atom stereocenters. The number of guanidine groups is 1. The van der Waals surface area contributed by atoms with Crippen LogP contribution in [0.4, 0.5) is 17.6 Å². The zero-order valence-corrected chi connectivity index (χ0v) is 16.9. The minimum atomic E-state index is -4.39. The van der Waals surface area contributed by atoms with E-state index in [0.717, 1.165) is 17.7 Å². The van der Waals surface area contributed by atoms with Crippen molar-refractivity contribution in [2.24, 2.45) is 4.99 Å². The van der Waals surface area contributed by atoms with Crippen molar-refractivity contribution in [2.45, 2.75) is 32.2 Å². The number of hydrogen-bond acceptors (Lipinski definition) is 2. The van der Waals surface area contributed by atoms with E-state index < -0.39 is 11.7 Å². The fraction of sp³-hybridized carbons (Fsp3) is 0.381. The van der Waals surface area contributed by atoms with Crippen molar-refractivity contribution >= 4 is 5.96 Å². The van der Waals surface area contributed by atoms with Gasteiger partial charge in [-0.3, -0.25) is 4.99 Å². The summed E-state index contributed by atoms with van der Waals surface area (Å²) in [7, 11) is 5.31. The number of nitrogens with one attached hydrogen (secondary N) is 2. The van der Waals surface area contributed by atoms with E-state index in [1.807, 2.05) is 19.0 Å². The van der Waals surface area contributed by atoms with Crippen LogP contribution in [0.5, 0.6) is 0 Å². The lowest BCUT2D eigenvalue weighted by Crippen LogP contribution is -2.38. The molecule has 158 valence electrons. The van der Waals surface area contributed by atoms with Crippen LogP contribution in [0.1, 0.15) is 35.2 Å². The number of nitrogens with zero attached hydrogens (tertiary/aromatic N) is 2. The van der Waals surface area contributed by atoms with Crippen molar-refractivity contribution in [2.75, 3.05) is 21.1 Å². The van der Waals surface area contributed by atoms with Crippen LogP contribution < -0.4 is 10.6 Å². The van der Waals surface area contributed by atoms with Crippen LogP contribution in [0.15, 0.2) is 47.5 Å². The summed E-state index contributed by atoms with van der Waals surface area (Å²) in [6.45, 7) is 2.64. The second-order valence-corrected chi connectivity index (χ2v) is 7.08. The number of aliphatic imine (C=N–C) groups is 1. The largest absolute Gasteiger partial charge is 0.416 e. The molecule has 2 N–H and O–H groups in total. The number of halogens is 4. The Kier molecular flexibility index (Phi) is 7.61. The molecule has 8 heteroatoms. The first-order chi connectivity index (χ1) is 13.6. The van der Waals surface area contributed by atoms with Gasteiger partial charge < -0.3 is 15.5 Å². The lowest BCUT2D eigenvalue weighted by Gasteiger charge is -2.19. The molecule has 2 aromatic carbocycles. The molecule has 0 saturated carbocycles. The van der Waals surface area contributed by atoms with E-state index in [-0.39, 0.29) is 11.9 Å². The van der Waals surface area contributed by atoms with E-state index in [1.54, 1.807) is 32.2 Å². The van der Waals surface area contributed by atoms with Gasteiger partial charge >= 0.3 is 6.18 Å². The Labute approximate surface area is 168 Å². The van der Waals surface area contributed by atoms with Crippen LogP contribution in [0.25, 0.3) is 0 Å². The van der Waals surface area contributed by atoms with Gasteiger partial charge in [0.05, 0.1) is 11.6 Å². The van der Waals surface area contributed by atoms with Crippen molar-refractivity contribution in [3.63, 3.8) is 0 Å². The van der Waals surface area contributed by atoms with E-state index in [4.69, 9.17) is 0 Å². The molecule has 0 amide bonds. The van der Waals surface area contributed by atoms with E-state index in [9.17, 15) is 17.6 Å². The summed E-state index contributed by atoms with van der Waals surface area (Å²) in [4.78, 5) is 6.00. The zero-order valence-electron chi connectivity index (χ0n) is 16.9. The Balaban J connectivity index is 2.03. The van der Waals surface area contributed by atoms with Gasteiger partial charge in [-0.1, -0.05) is 18.2 Å². The van der Waals surface area contributed by atoms with Gasteiger partial charge in [-0.2, -0.15) is 13.2 Å².